The Morgan fingerprint density at radius 2 is 2.18 bits per heavy atom. The van der Waals surface area contributed by atoms with Gasteiger partial charge in [-0.3, -0.25) is 0 Å². The third-order valence-electron chi connectivity index (χ3n) is 3.87. The lowest BCUT2D eigenvalue weighted by Crippen LogP contribution is -2.42. The first-order chi connectivity index (χ1) is 10.7. The zero-order valence-electron chi connectivity index (χ0n) is 12.9. The van der Waals surface area contributed by atoms with Crippen LogP contribution in [0.3, 0.4) is 0 Å². The highest BCUT2D eigenvalue weighted by atomic mass is 32.2. The first-order valence-electron chi connectivity index (χ1n) is 7.63. The van der Waals surface area contributed by atoms with E-state index in [1.807, 2.05) is 32.0 Å². The number of carbonyl (C=O) groups is 1. The van der Waals surface area contributed by atoms with Crippen LogP contribution in [0.15, 0.2) is 46.6 Å². The van der Waals surface area contributed by atoms with Gasteiger partial charge in [0.25, 0.3) is 0 Å². The second-order valence-electron chi connectivity index (χ2n) is 5.32. The topological polar surface area (TPSA) is 41.9 Å². The van der Waals surface area contributed by atoms with Crippen LogP contribution in [0.1, 0.15) is 31.9 Å². The fraction of sp³-hybridized carbons (Fsp3) is 0.412. The number of esters is 1. The molecule has 1 atom stereocenters. The molecule has 0 spiro atoms. The second kappa shape index (κ2) is 6.57. The lowest BCUT2D eigenvalue weighted by Gasteiger charge is -2.40. The Bertz CT molecular complexity index is 625. The van der Waals surface area contributed by atoms with E-state index in [0.717, 1.165) is 35.1 Å². The molecule has 116 valence electrons. The van der Waals surface area contributed by atoms with Gasteiger partial charge >= 0.3 is 5.97 Å². The van der Waals surface area contributed by atoms with Crippen molar-refractivity contribution in [3.63, 3.8) is 0 Å². The van der Waals surface area contributed by atoms with Crippen molar-refractivity contribution in [2.24, 2.45) is 4.99 Å². The van der Waals surface area contributed by atoms with Gasteiger partial charge < -0.3 is 9.64 Å². The van der Waals surface area contributed by atoms with Crippen LogP contribution >= 0.6 is 11.8 Å². The largest absolute Gasteiger partial charge is 0.463 e. The van der Waals surface area contributed by atoms with Crippen LogP contribution in [0, 0.1) is 0 Å². The van der Waals surface area contributed by atoms with Crippen molar-refractivity contribution in [1.82, 2.24) is 4.90 Å². The molecule has 0 bridgehead atoms. The molecule has 2 aliphatic heterocycles. The highest BCUT2D eigenvalue weighted by Crippen LogP contribution is 2.39. The zero-order chi connectivity index (χ0) is 15.5. The molecule has 1 fully saturated rings. The smallest absolute Gasteiger partial charge is 0.338 e. The first-order valence-corrected chi connectivity index (χ1v) is 8.62. The van der Waals surface area contributed by atoms with Gasteiger partial charge in [0.15, 0.2) is 5.17 Å². The fourth-order valence-corrected chi connectivity index (χ4v) is 3.94. The van der Waals surface area contributed by atoms with Crippen LogP contribution in [0.2, 0.25) is 0 Å². The summed E-state index contributed by atoms with van der Waals surface area (Å²) in [6.07, 6.45) is 1.10. The van der Waals surface area contributed by atoms with Gasteiger partial charge in [-0.1, -0.05) is 42.1 Å². The summed E-state index contributed by atoms with van der Waals surface area (Å²) >= 11 is 1.77. The van der Waals surface area contributed by atoms with Crippen LogP contribution in [-0.2, 0) is 9.53 Å². The molecular weight excluding hydrogens is 296 g/mol. The van der Waals surface area contributed by atoms with Gasteiger partial charge in [0.05, 0.1) is 23.9 Å². The lowest BCUT2D eigenvalue weighted by atomic mass is 9.94. The number of thioether (sulfide) groups is 1. The van der Waals surface area contributed by atoms with Crippen molar-refractivity contribution >= 4 is 22.9 Å². The van der Waals surface area contributed by atoms with Crippen LogP contribution in [-0.4, -0.2) is 34.9 Å². The molecule has 2 heterocycles. The van der Waals surface area contributed by atoms with Gasteiger partial charge in [0.2, 0.25) is 0 Å². The summed E-state index contributed by atoms with van der Waals surface area (Å²) in [5.74, 6) is 0.825. The van der Waals surface area contributed by atoms with E-state index >= 15 is 0 Å². The van der Waals surface area contributed by atoms with Crippen molar-refractivity contribution in [3.05, 3.63) is 47.2 Å². The molecular formula is C17H20N2O2S. The maximum absolute atomic E-state index is 12.5. The Labute approximate surface area is 135 Å². The summed E-state index contributed by atoms with van der Waals surface area (Å²) < 4.78 is 5.28. The third kappa shape index (κ3) is 2.77. The van der Waals surface area contributed by atoms with E-state index in [1.165, 1.54) is 0 Å². The molecule has 1 saturated heterocycles. The minimum Gasteiger partial charge on any atom is -0.463 e. The maximum atomic E-state index is 12.5. The van der Waals surface area contributed by atoms with E-state index in [-0.39, 0.29) is 12.0 Å². The minimum absolute atomic E-state index is 0.0967. The highest BCUT2D eigenvalue weighted by molar-refractivity contribution is 8.13. The number of ether oxygens (including phenoxy) is 1. The molecule has 0 unspecified atom stereocenters. The summed E-state index contributed by atoms with van der Waals surface area (Å²) in [4.78, 5) is 19.4. The number of allylic oxidation sites excluding steroid dienone is 1. The van der Waals surface area contributed by atoms with Crippen molar-refractivity contribution in [2.75, 3.05) is 18.9 Å². The van der Waals surface area contributed by atoms with Crippen LogP contribution in [0.25, 0.3) is 0 Å². The molecule has 2 aliphatic rings. The molecule has 4 nitrogen and oxygen atoms in total. The average molecular weight is 316 g/mol. The molecule has 0 radical (unpaired) electrons. The van der Waals surface area contributed by atoms with Gasteiger partial charge in [0.1, 0.15) is 0 Å². The number of nitrogens with zero attached hydrogens (tertiary/aromatic N) is 2. The summed E-state index contributed by atoms with van der Waals surface area (Å²) in [5.41, 5.74) is 2.55. The number of rotatable bonds is 3. The molecule has 1 aromatic carbocycles. The van der Waals surface area contributed by atoms with Crippen molar-refractivity contribution in [3.8, 4) is 0 Å². The van der Waals surface area contributed by atoms with E-state index in [2.05, 4.69) is 22.0 Å². The average Bonchev–Trinajstić information content (AvgIpc) is 2.54. The molecule has 3 rings (SSSR count). The van der Waals surface area contributed by atoms with E-state index in [1.54, 1.807) is 11.8 Å². The number of fused-ring (bicyclic) bond motifs is 1. The number of benzene rings is 1. The third-order valence-corrected chi connectivity index (χ3v) is 4.95. The minimum atomic E-state index is -0.257. The second-order valence-corrected chi connectivity index (χ2v) is 6.38. The lowest BCUT2D eigenvalue weighted by molar-refractivity contribution is -0.139. The summed E-state index contributed by atoms with van der Waals surface area (Å²) in [6.45, 7) is 5.03. The maximum Gasteiger partial charge on any atom is 0.338 e. The predicted molar refractivity (Wildman–Crippen MR) is 89.7 cm³/mol. The molecule has 5 heteroatoms. The zero-order valence-corrected chi connectivity index (χ0v) is 13.7. The monoisotopic (exact) mass is 316 g/mol. The molecule has 0 saturated carbocycles. The number of aliphatic imine (C=N–C) groups is 1. The van der Waals surface area contributed by atoms with E-state index < -0.39 is 0 Å². The number of hydrogen-bond acceptors (Lipinski definition) is 5. The Morgan fingerprint density at radius 3 is 2.91 bits per heavy atom. The SMILES string of the molecule is CCOC(=O)C1=C(C)N=C2SCCCN2[C@H]1c1ccccc1. The number of amidine groups is 1. The van der Waals surface area contributed by atoms with Crippen molar-refractivity contribution in [2.45, 2.75) is 26.3 Å². The van der Waals surface area contributed by atoms with Gasteiger partial charge in [-0.2, -0.15) is 0 Å². The molecule has 0 N–H and O–H groups in total. The molecule has 22 heavy (non-hydrogen) atoms. The van der Waals surface area contributed by atoms with Crippen molar-refractivity contribution < 1.29 is 9.53 Å². The fourth-order valence-electron chi connectivity index (χ4n) is 2.92. The predicted octanol–water partition coefficient (Wildman–Crippen LogP) is 3.37. The van der Waals surface area contributed by atoms with Gasteiger partial charge in [-0.25, -0.2) is 9.79 Å². The molecule has 0 aromatic heterocycles. The van der Waals surface area contributed by atoms with Gasteiger partial charge in [-0.15, -0.1) is 0 Å². The summed E-state index contributed by atoms with van der Waals surface area (Å²) in [6, 6.07) is 10.1. The Balaban J connectivity index is 2.08. The Hall–Kier alpha value is -1.75. The summed E-state index contributed by atoms with van der Waals surface area (Å²) in [7, 11) is 0. The first kappa shape index (κ1) is 15.2. The van der Waals surface area contributed by atoms with E-state index in [9.17, 15) is 4.79 Å². The van der Waals surface area contributed by atoms with Crippen molar-refractivity contribution in [1.29, 1.82) is 0 Å². The standard InChI is InChI=1S/C17H20N2O2S/c1-3-21-16(20)14-12(2)18-17-19(10-7-11-22-17)15(14)13-8-5-4-6-9-13/h4-6,8-9,15H,3,7,10-11H2,1-2H3/t15-/m0/s1. The van der Waals surface area contributed by atoms with Crippen LogP contribution < -0.4 is 0 Å². The number of carbonyl (C=O) groups excluding carboxylic acids is 1. The highest BCUT2D eigenvalue weighted by Gasteiger charge is 2.37. The van der Waals surface area contributed by atoms with E-state index in [0.29, 0.717) is 12.2 Å². The van der Waals surface area contributed by atoms with Crippen LogP contribution in [0.5, 0.6) is 0 Å². The van der Waals surface area contributed by atoms with Crippen LogP contribution in [0.4, 0.5) is 0 Å². The van der Waals surface area contributed by atoms with E-state index in [4.69, 9.17) is 4.74 Å². The Kier molecular flexibility index (Phi) is 4.52. The quantitative estimate of drug-likeness (QED) is 0.802. The Morgan fingerprint density at radius 1 is 1.41 bits per heavy atom. The normalized spacial score (nSPS) is 21.3. The van der Waals surface area contributed by atoms with Gasteiger partial charge in [-0.05, 0) is 25.8 Å². The molecule has 0 aliphatic carbocycles. The number of hydrogen-bond donors (Lipinski definition) is 0. The van der Waals surface area contributed by atoms with Gasteiger partial charge in [0, 0.05) is 12.3 Å². The molecule has 1 aromatic rings. The summed E-state index contributed by atoms with van der Waals surface area (Å²) in [5, 5.41) is 1.02. The molecule has 0 amide bonds.